The van der Waals surface area contributed by atoms with Crippen LogP contribution in [0.15, 0.2) is 0 Å². The summed E-state index contributed by atoms with van der Waals surface area (Å²) < 4.78 is 4.21. The van der Waals surface area contributed by atoms with E-state index in [4.69, 9.17) is 39.5 Å². The van der Waals surface area contributed by atoms with Crippen LogP contribution in [0.3, 0.4) is 0 Å². The zero-order valence-electron chi connectivity index (χ0n) is 8.86. The Hall–Kier alpha value is 0.830. The van der Waals surface area contributed by atoms with Crippen LogP contribution in [0.2, 0.25) is 0 Å². The lowest BCUT2D eigenvalue weighted by atomic mass is 10.2. The Balaban J connectivity index is 3.28. The van der Waals surface area contributed by atoms with E-state index < -0.39 is 3.79 Å². The molecule has 0 aliphatic rings. The van der Waals surface area contributed by atoms with Gasteiger partial charge >= 0.3 is 0 Å². The lowest BCUT2D eigenvalue weighted by molar-refractivity contribution is 0.102. The van der Waals surface area contributed by atoms with Crippen LogP contribution in [0.25, 0.3) is 0 Å². The van der Waals surface area contributed by atoms with Gasteiger partial charge in [-0.2, -0.15) is 0 Å². The monoisotopic (exact) mass is 260 g/mol. The van der Waals surface area contributed by atoms with Crippen molar-refractivity contribution in [1.29, 1.82) is 0 Å². The van der Waals surface area contributed by atoms with Crippen molar-refractivity contribution < 1.29 is 4.74 Å². The van der Waals surface area contributed by atoms with Crippen molar-refractivity contribution in [2.45, 2.75) is 43.3 Å². The minimum Gasteiger partial charge on any atom is -0.381 e. The number of hydrogen-bond donors (Lipinski definition) is 0. The first-order valence-electron chi connectivity index (χ1n) is 5.13. The van der Waals surface area contributed by atoms with Gasteiger partial charge in [0.05, 0.1) is 6.61 Å². The summed E-state index contributed by atoms with van der Waals surface area (Å²) in [6.07, 6.45) is 4.83. The van der Waals surface area contributed by atoms with Gasteiger partial charge in [-0.25, -0.2) is 0 Å². The van der Waals surface area contributed by atoms with E-state index in [9.17, 15) is 0 Å². The highest BCUT2D eigenvalue weighted by atomic mass is 35.6. The van der Waals surface area contributed by atoms with E-state index in [-0.39, 0.29) is 5.92 Å². The number of rotatable bonds is 7. The molecule has 86 valence electrons. The van der Waals surface area contributed by atoms with Crippen LogP contribution in [0.5, 0.6) is 0 Å². The SMILES string of the molecule is CCCCCCOCC(C)C(Cl)(Cl)Cl. The van der Waals surface area contributed by atoms with Gasteiger partial charge in [0.25, 0.3) is 0 Å². The normalized spacial score (nSPS) is 14.4. The fourth-order valence-electron chi connectivity index (χ4n) is 0.986. The standard InChI is InChI=1S/C10H19Cl3O/c1-3-4-5-6-7-14-8-9(2)10(11,12)13/h9H,3-8H2,1-2H3. The minimum absolute atomic E-state index is 0.0568. The topological polar surface area (TPSA) is 9.23 Å². The van der Waals surface area contributed by atoms with Crippen LogP contribution in [-0.4, -0.2) is 17.0 Å². The molecule has 1 unspecified atom stereocenters. The highest BCUT2D eigenvalue weighted by molar-refractivity contribution is 6.67. The average Bonchev–Trinajstić information content (AvgIpc) is 2.09. The van der Waals surface area contributed by atoms with E-state index in [0.29, 0.717) is 6.61 Å². The second-order valence-electron chi connectivity index (χ2n) is 3.58. The highest BCUT2D eigenvalue weighted by Crippen LogP contribution is 2.34. The van der Waals surface area contributed by atoms with E-state index in [1.807, 2.05) is 6.92 Å². The molecule has 0 fully saturated rings. The van der Waals surface area contributed by atoms with E-state index in [1.165, 1.54) is 19.3 Å². The summed E-state index contributed by atoms with van der Waals surface area (Å²) >= 11 is 17.1. The Morgan fingerprint density at radius 2 is 1.79 bits per heavy atom. The van der Waals surface area contributed by atoms with Crippen molar-refractivity contribution in [2.24, 2.45) is 5.92 Å². The maximum atomic E-state index is 5.70. The van der Waals surface area contributed by atoms with E-state index in [1.54, 1.807) is 0 Å². The molecule has 0 heterocycles. The van der Waals surface area contributed by atoms with Gasteiger partial charge in [0, 0.05) is 12.5 Å². The zero-order chi connectivity index (χ0) is 11.0. The second kappa shape index (κ2) is 8.04. The van der Waals surface area contributed by atoms with Gasteiger partial charge < -0.3 is 4.74 Å². The Morgan fingerprint density at radius 1 is 1.14 bits per heavy atom. The highest BCUT2D eigenvalue weighted by Gasteiger charge is 2.28. The predicted molar refractivity (Wildman–Crippen MR) is 64.4 cm³/mol. The number of ether oxygens (including phenoxy) is 1. The maximum Gasteiger partial charge on any atom is 0.195 e. The molecule has 0 N–H and O–H groups in total. The van der Waals surface area contributed by atoms with Crippen LogP contribution in [-0.2, 0) is 4.74 Å². The van der Waals surface area contributed by atoms with Gasteiger partial charge in [-0.05, 0) is 6.42 Å². The summed E-state index contributed by atoms with van der Waals surface area (Å²) in [6, 6.07) is 0. The van der Waals surface area contributed by atoms with Crippen molar-refractivity contribution >= 4 is 34.8 Å². The molecular formula is C10H19Cl3O. The first kappa shape index (κ1) is 14.8. The second-order valence-corrected chi connectivity index (χ2v) is 5.95. The van der Waals surface area contributed by atoms with Crippen LogP contribution < -0.4 is 0 Å². The first-order chi connectivity index (χ1) is 6.48. The van der Waals surface area contributed by atoms with Gasteiger partial charge in [-0.1, -0.05) is 67.9 Å². The van der Waals surface area contributed by atoms with E-state index in [0.717, 1.165) is 13.0 Å². The molecule has 0 aliphatic carbocycles. The van der Waals surface area contributed by atoms with Gasteiger partial charge in [0.2, 0.25) is 0 Å². The fourth-order valence-corrected chi connectivity index (χ4v) is 1.17. The summed E-state index contributed by atoms with van der Waals surface area (Å²) in [5.74, 6) is -0.0568. The largest absolute Gasteiger partial charge is 0.381 e. The number of alkyl halides is 3. The van der Waals surface area contributed by atoms with Crippen molar-refractivity contribution in [3.63, 3.8) is 0 Å². The molecule has 0 saturated heterocycles. The molecule has 0 spiro atoms. The maximum absolute atomic E-state index is 5.70. The molecule has 0 aromatic carbocycles. The third kappa shape index (κ3) is 8.16. The molecule has 0 saturated carbocycles. The Kier molecular flexibility index (Phi) is 8.51. The molecule has 0 bridgehead atoms. The van der Waals surface area contributed by atoms with E-state index in [2.05, 4.69) is 6.92 Å². The summed E-state index contributed by atoms with van der Waals surface area (Å²) in [7, 11) is 0. The molecule has 0 aliphatic heterocycles. The number of unbranched alkanes of at least 4 members (excludes halogenated alkanes) is 3. The molecule has 0 rings (SSSR count). The summed E-state index contributed by atoms with van der Waals surface area (Å²) in [5.41, 5.74) is 0. The van der Waals surface area contributed by atoms with Gasteiger partial charge in [0.15, 0.2) is 3.79 Å². The van der Waals surface area contributed by atoms with Crippen LogP contribution in [0, 0.1) is 5.92 Å². The van der Waals surface area contributed by atoms with Crippen LogP contribution >= 0.6 is 34.8 Å². The van der Waals surface area contributed by atoms with Crippen LogP contribution in [0.4, 0.5) is 0 Å². The van der Waals surface area contributed by atoms with Gasteiger partial charge in [0.1, 0.15) is 0 Å². The Bertz CT molecular complexity index is 134. The minimum atomic E-state index is -1.20. The molecule has 0 aromatic rings. The lowest BCUT2D eigenvalue weighted by Crippen LogP contribution is -2.21. The molecule has 14 heavy (non-hydrogen) atoms. The third-order valence-electron chi connectivity index (χ3n) is 2.07. The molecular weight excluding hydrogens is 242 g/mol. The van der Waals surface area contributed by atoms with Crippen molar-refractivity contribution in [2.75, 3.05) is 13.2 Å². The molecule has 1 nitrogen and oxygen atoms in total. The molecule has 0 radical (unpaired) electrons. The van der Waals surface area contributed by atoms with Crippen molar-refractivity contribution in [3.05, 3.63) is 0 Å². The third-order valence-corrected chi connectivity index (χ3v) is 3.19. The Labute approximate surface area is 102 Å². The van der Waals surface area contributed by atoms with Crippen LogP contribution in [0.1, 0.15) is 39.5 Å². The van der Waals surface area contributed by atoms with E-state index >= 15 is 0 Å². The van der Waals surface area contributed by atoms with Gasteiger partial charge in [-0.3, -0.25) is 0 Å². The lowest BCUT2D eigenvalue weighted by Gasteiger charge is -2.19. The number of halogens is 3. The fraction of sp³-hybridized carbons (Fsp3) is 1.00. The predicted octanol–water partition coefficient (Wildman–Crippen LogP) is 4.59. The van der Waals surface area contributed by atoms with Crippen molar-refractivity contribution in [3.8, 4) is 0 Å². The molecule has 1 atom stereocenters. The smallest absolute Gasteiger partial charge is 0.195 e. The number of hydrogen-bond acceptors (Lipinski definition) is 1. The first-order valence-corrected chi connectivity index (χ1v) is 6.26. The zero-order valence-corrected chi connectivity index (χ0v) is 11.1. The average molecular weight is 262 g/mol. The quantitative estimate of drug-likeness (QED) is 0.481. The van der Waals surface area contributed by atoms with Crippen molar-refractivity contribution in [1.82, 2.24) is 0 Å². The summed E-state index contributed by atoms with van der Waals surface area (Å²) in [5, 5.41) is 0. The molecule has 4 heteroatoms. The molecule has 0 amide bonds. The Morgan fingerprint density at radius 3 is 2.29 bits per heavy atom. The van der Waals surface area contributed by atoms with Gasteiger partial charge in [-0.15, -0.1) is 0 Å². The molecule has 0 aromatic heterocycles. The summed E-state index contributed by atoms with van der Waals surface area (Å²) in [4.78, 5) is 0. The summed E-state index contributed by atoms with van der Waals surface area (Å²) in [6.45, 7) is 5.35.